The molecule has 0 fully saturated rings. The van der Waals surface area contributed by atoms with Gasteiger partial charge in [0.15, 0.2) is 0 Å². The maximum atomic E-state index is 12.2. The van der Waals surface area contributed by atoms with E-state index >= 15 is 0 Å². The van der Waals surface area contributed by atoms with Gasteiger partial charge in [0, 0.05) is 21.3 Å². The lowest BCUT2D eigenvalue weighted by atomic mass is 10.1. The molecule has 0 radical (unpaired) electrons. The molecule has 3 N–H and O–H groups in total. The highest BCUT2D eigenvalue weighted by Crippen LogP contribution is 2.20. The SMILES string of the molecule is CC(NC(=O)c1cc(N)cc(Cl)c1)c1cccc(Cl)c1. The predicted molar refractivity (Wildman–Crippen MR) is 83.2 cm³/mol. The van der Waals surface area contributed by atoms with Gasteiger partial charge in [-0.05, 0) is 42.8 Å². The van der Waals surface area contributed by atoms with E-state index in [1.807, 2.05) is 25.1 Å². The van der Waals surface area contributed by atoms with Crippen molar-refractivity contribution in [1.29, 1.82) is 0 Å². The van der Waals surface area contributed by atoms with Gasteiger partial charge in [-0.25, -0.2) is 0 Å². The first-order chi connectivity index (χ1) is 9.45. The van der Waals surface area contributed by atoms with Crippen LogP contribution >= 0.6 is 23.2 Å². The van der Waals surface area contributed by atoms with Crippen LogP contribution in [0.2, 0.25) is 10.0 Å². The lowest BCUT2D eigenvalue weighted by Crippen LogP contribution is -2.26. The molecule has 2 rings (SSSR count). The minimum atomic E-state index is -0.230. The number of hydrogen-bond acceptors (Lipinski definition) is 2. The summed E-state index contributed by atoms with van der Waals surface area (Å²) < 4.78 is 0. The Hall–Kier alpha value is -1.71. The third-order valence-corrected chi connectivity index (χ3v) is 3.33. The molecule has 0 heterocycles. The van der Waals surface area contributed by atoms with Crippen molar-refractivity contribution in [3.05, 3.63) is 63.6 Å². The standard InChI is InChI=1S/C15H14Cl2N2O/c1-9(10-3-2-4-12(16)5-10)19-15(20)11-6-13(17)8-14(18)7-11/h2-9H,18H2,1H3,(H,19,20). The number of benzene rings is 2. The minimum absolute atomic E-state index is 0.165. The molecule has 1 unspecified atom stereocenters. The van der Waals surface area contributed by atoms with Gasteiger partial charge >= 0.3 is 0 Å². The number of halogens is 2. The molecule has 20 heavy (non-hydrogen) atoms. The molecular weight excluding hydrogens is 295 g/mol. The van der Waals surface area contributed by atoms with Crippen molar-refractivity contribution in [2.75, 3.05) is 5.73 Å². The van der Waals surface area contributed by atoms with Crippen molar-refractivity contribution in [2.45, 2.75) is 13.0 Å². The van der Waals surface area contributed by atoms with Gasteiger partial charge in [-0.15, -0.1) is 0 Å². The first kappa shape index (κ1) is 14.7. The number of nitrogen functional groups attached to an aromatic ring is 1. The van der Waals surface area contributed by atoms with E-state index in [4.69, 9.17) is 28.9 Å². The number of hydrogen-bond donors (Lipinski definition) is 2. The Morgan fingerprint density at radius 2 is 1.90 bits per heavy atom. The lowest BCUT2D eigenvalue weighted by molar-refractivity contribution is 0.0940. The molecular formula is C15H14Cl2N2O. The quantitative estimate of drug-likeness (QED) is 0.840. The smallest absolute Gasteiger partial charge is 0.251 e. The number of anilines is 1. The van der Waals surface area contributed by atoms with Crippen molar-refractivity contribution in [1.82, 2.24) is 5.32 Å². The molecule has 0 aliphatic rings. The molecule has 0 bridgehead atoms. The highest BCUT2D eigenvalue weighted by Gasteiger charge is 2.12. The number of carbonyl (C=O) groups excluding carboxylic acids is 1. The summed E-state index contributed by atoms with van der Waals surface area (Å²) in [5.41, 5.74) is 7.50. The highest BCUT2D eigenvalue weighted by molar-refractivity contribution is 6.31. The first-order valence-electron chi connectivity index (χ1n) is 6.08. The van der Waals surface area contributed by atoms with Crippen LogP contribution in [0.25, 0.3) is 0 Å². The maximum absolute atomic E-state index is 12.2. The summed E-state index contributed by atoms with van der Waals surface area (Å²) in [6.07, 6.45) is 0. The van der Waals surface area contributed by atoms with Crippen LogP contribution in [0.3, 0.4) is 0 Å². The minimum Gasteiger partial charge on any atom is -0.399 e. The van der Waals surface area contributed by atoms with Crippen molar-refractivity contribution in [2.24, 2.45) is 0 Å². The number of rotatable bonds is 3. The van der Waals surface area contributed by atoms with E-state index in [2.05, 4.69) is 5.32 Å². The van der Waals surface area contributed by atoms with Gasteiger partial charge in [0.25, 0.3) is 5.91 Å². The lowest BCUT2D eigenvalue weighted by Gasteiger charge is -2.15. The van der Waals surface area contributed by atoms with E-state index in [1.165, 1.54) is 0 Å². The van der Waals surface area contributed by atoms with Gasteiger partial charge in [0.2, 0.25) is 0 Å². The molecule has 3 nitrogen and oxygen atoms in total. The second-order valence-electron chi connectivity index (χ2n) is 4.52. The summed E-state index contributed by atoms with van der Waals surface area (Å²) in [6, 6.07) is 12.0. The van der Waals surface area contributed by atoms with E-state index in [1.54, 1.807) is 24.3 Å². The van der Waals surface area contributed by atoms with E-state index in [0.29, 0.717) is 21.3 Å². The zero-order valence-corrected chi connectivity index (χ0v) is 12.4. The molecule has 0 aromatic heterocycles. The van der Waals surface area contributed by atoms with Crippen LogP contribution in [0.5, 0.6) is 0 Å². The monoisotopic (exact) mass is 308 g/mol. The second kappa shape index (κ2) is 6.16. The maximum Gasteiger partial charge on any atom is 0.251 e. The van der Waals surface area contributed by atoms with Crippen LogP contribution in [0.4, 0.5) is 5.69 Å². The fourth-order valence-electron chi connectivity index (χ4n) is 1.88. The van der Waals surface area contributed by atoms with Crippen molar-refractivity contribution in [3.63, 3.8) is 0 Å². The zero-order valence-electron chi connectivity index (χ0n) is 10.9. The van der Waals surface area contributed by atoms with Gasteiger partial charge in [-0.2, -0.15) is 0 Å². The largest absolute Gasteiger partial charge is 0.399 e. The molecule has 0 aliphatic heterocycles. The molecule has 0 saturated carbocycles. The number of carbonyl (C=O) groups is 1. The topological polar surface area (TPSA) is 55.1 Å². The summed E-state index contributed by atoms with van der Waals surface area (Å²) in [5.74, 6) is -0.230. The second-order valence-corrected chi connectivity index (χ2v) is 5.40. The van der Waals surface area contributed by atoms with Crippen molar-refractivity contribution in [3.8, 4) is 0 Å². The Balaban J connectivity index is 2.15. The van der Waals surface area contributed by atoms with E-state index in [0.717, 1.165) is 5.56 Å². The van der Waals surface area contributed by atoms with Gasteiger partial charge in [0.05, 0.1) is 6.04 Å². The fourth-order valence-corrected chi connectivity index (χ4v) is 2.32. The Morgan fingerprint density at radius 3 is 2.55 bits per heavy atom. The molecule has 2 aromatic rings. The number of nitrogens with two attached hydrogens (primary N) is 1. The van der Waals surface area contributed by atoms with Crippen LogP contribution in [0, 0.1) is 0 Å². The molecule has 0 spiro atoms. The average Bonchev–Trinajstić information content (AvgIpc) is 2.37. The normalized spacial score (nSPS) is 11.9. The van der Waals surface area contributed by atoms with Crippen molar-refractivity contribution >= 4 is 34.8 Å². The Labute approximate surface area is 127 Å². The van der Waals surface area contributed by atoms with Crippen LogP contribution in [0.1, 0.15) is 28.9 Å². The zero-order chi connectivity index (χ0) is 14.7. The number of amides is 1. The Kier molecular flexibility index (Phi) is 4.53. The van der Waals surface area contributed by atoms with Gasteiger partial charge in [0.1, 0.15) is 0 Å². The van der Waals surface area contributed by atoms with Crippen molar-refractivity contribution < 1.29 is 4.79 Å². The summed E-state index contributed by atoms with van der Waals surface area (Å²) in [5, 5.41) is 3.95. The van der Waals surface area contributed by atoms with Crippen LogP contribution < -0.4 is 11.1 Å². The average molecular weight is 309 g/mol. The van der Waals surface area contributed by atoms with Crippen LogP contribution in [-0.4, -0.2) is 5.91 Å². The summed E-state index contributed by atoms with van der Waals surface area (Å²) in [7, 11) is 0. The Bertz CT molecular complexity index is 623. The third-order valence-electron chi connectivity index (χ3n) is 2.88. The predicted octanol–water partition coefficient (Wildman–Crippen LogP) is 4.07. The summed E-state index contributed by atoms with van der Waals surface area (Å²) in [6.45, 7) is 1.89. The molecule has 1 atom stereocenters. The third kappa shape index (κ3) is 3.65. The Morgan fingerprint density at radius 1 is 1.15 bits per heavy atom. The molecule has 0 aliphatic carbocycles. The summed E-state index contributed by atoms with van der Waals surface area (Å²) >= 11 is 11.8. The molecule has 0 saturated heterocycles. The molecule has 104 valence electrons. The van der Waals surface area contributed by atoms with Crippen LogP contribution in [-0.2, 0) is 0 Å². The van der Waals surface area contributed by atoms with E-state index < -0.39 is 0 Å². The van der Waals surface area contributed by atoms with Crippen LogP contribution in [0.15, 0.2) is 42.5 Å². The fraction of sp³-hybridized carbons (Fsp3) is 0.133. The molecule has 2 aromatic carbocycles. The van der Waals surface area contributed by atoms with Gasteiger partial charge < -0.3 is 11.1 Å². The van der Waals surface area contributed by atoms with Gasteiger partial charge in [-0.1, -0.05) is 35.3 Å². The molecule has 5 heteroatoms. The highest BCUT2D eigenvalue weighted by atomic mass is 35.5. The molecule has 1 amide bonds. The first-order valence-corrected chi connectivity index (χ1v) is 6.83. The van der Waals surface area contributed by atoms with E-state index in [-0.39, 0.29) is 11.9 Å². The van der Waals surface area contributed by atoms with E-state index in [9.17, 15) is 4.79 Å². The van der Waals surface area contributed by atoms with Gasteiger partial charge in [-0.3, -0.25) is 4.79 Å². The summed E-state index contributed by atoms with van der Waals surface area (Å²) in [4.78, 5) is 12.2. The number of nitrogens with one attached hydrogen (secondary N) is 1.